The van der Waals surface area contributed by atoms with Crippen molar-refractivity contribution in [3.05, 3.63) is 0 Å². The van der Waals surface area contributed by atoms with E-state index in [4.69, 9.17) is 4.74 Å². The summed E-state index contributed by atoms with van der Waals surface area (Å²) in [6.45, 7) is 11.7. The fourth-order valence-corrected chi connectivity index (χ4v) is 1.81. The highest BCUT2D eigenvalue weighted by Gasteiger charge is 2.11. The predicted octanol–water partition coefficient (Wildman–Crippen LogP) is 2.83. The van der Waals surface area contributed by atoms with E-state index in [9.17, 15) is 0 Å². The second kappa shape index (κ2) is 9.47. The minimum Gasteiger partial charge on any atom is -0.382 e. The number of nitrogens with one attached hydrogen (secondary N) is 1. The van der Waals surface area contributed by atoms with Crippen LogP contribution in [0.15, 0.2) is 0 Å². The Morgan fingerprint density at radius 1 is 1.14 bits per heavy atom. The van der Waals surface area contributed by atoms with Crippen LogP contribution in [0.3, 0.4) is 0 Å². The molecular formula is C12H27NO. The smallest absolute Gasteiger partial charge is 0.0477 e. The average molecular weight is 201 g/mol. The van der Waals surface area contributed by atoms with Crippen LogP contribution in [0.2, 0.25) is 0 Å². The van der Waals surface area contributed by atoms with Gasteiger partial charge in [-0.05, 0) is 32.7 Å². The maximum atomic E-state index is 5.29. The SMILES string of the molecule is CCOCCCNC(C)C(CC)CC. The van der Waals surface area contributed by atoms with Gasteiger partial charge >= 0.3 is 0 Å². The Balaban J connectivity index is 3.37. The summed E-state index contributed by atoms with van der Waals surface area (Å²) in [6.07, 6.45) is 3.67. The molecule has 0 aromatic heterocycles. The molecule has 0 saturated carbocycles. The van der Waals surface area contributed by atoms with Gasteiger partial charge in [-0.25, -0.2) is 0 Å². The van der Waals surface area contributed by atoms with E-state index < -0.39 is 0 Å². The normalized spacial score (nSPS) is 13.5. The Hall–Kier alpha value is -0.0800. The molecular weight excluding hydrogens is 174 g/mol. The summed E-state index contributed by atoms with van der Waals surface area (Å²) in [5.41, 5.74) is 0. The summed E-state index contributed by atoms with van der Waals surface area (Å²) in [5.74, 6) is 0.821. The molecule has 0 radical (unpaired) electrons. The summed E-state index contributed by atoms with van der Waals surface area (Å²) in [6, 6.07) is 0.645. The van der Waals surface area contributed by atoms with E-state index >= 15 is 0 Å². The van der Waals surface area contributed by atoms with Gasteiger partial charge in [0, 0.05) is 19.3 Å². The zero-order chi connectivity index (χ0) is 10.8. The van der Waals surface area contributed by atoms with E-state index in [-0.39, 0.29) is 0 Å². The molecule has 14 heavy (non-hydrogen) atoms. The molecule has 2 heteroatoms. The van der Waals surface area contributed by atoms with Crippen LogP contribution >= 0.6 is 0 Å². The molecule has 2 nitrogen and oxygen atoms in total. The van der Waals surface area contributed by atoms with Crippen molar-refractivity contribution >= 4 is 0 Å². The minimum atomic E-state index is 0.645. The lowest BCUT2D eigenvalue weighted by Crippen LogP contribution is -2.34. The van der Waals surface area contributed by atoms with E-state index in [1.807, 2.05) is 6.92 Å². The van der Waals surface area contributed by atoms with Gasteiger partial charge in [-0.1, -0.05) is 26.7 Å². The highest BCUT2D eigenvalue weighted by atomic mass is 16.5. The van der Waals surface area contributed by atoms with Gasteiger partial charge in [-0.2, -0.15) is 0 Å². The number of hydrogen-bond acceptors (Lipinski definition) is 2. The van der Waals surface area contributed by atoms with Crippen LogP contribution in [0.1, 0.15) is 47.0 Å². The van der Waals surface area contributed by atoms with Crippen LogP contribution in [0.4, 0.5) is 0 Å². The molecule has 0 aromatic carbocycles. The van der Waals surface area contributed by atoms with E-state index in [1.54, 1.807) is 0 Å². The first-order valence-corrected chi connectivity index (χ1v) is 6.07. The zero-order valence-electron chi connectivity index (χ0n) is 10.3. The van der Waals surface area contributed by atoms with Crippen molar-refractivity contribution in [2.75, 3.05) is 19.8 Å². The largest absolute Gasteiger partial charge is 0.382 e. The number of rotatable bonds is 9. The van der Waals surface area contributed by atoms with E-state index in [0.29, 0.717) is 6.04 Å². The molecule has 0 aliphatic rings. The fourth-order valence-electron chi connectivity index (χ4n) is 1.81. The quantitative estimate of drug-likeness (QED) is 0.579. The van der Waals surface area contributed by atoms with Crippen LogP contribution < -0.4 is 5.32 Å². The molecule has 0 aliphatic heterocycles. The number of hydrogen-bond donors (Lipinski definition) is 1. The maximum Gasteiger partial charge on any atom is 0.0477 e. The Morgan fingerprint density at radius 2 is 1.79 bits per heavy atom. The van der Waals surface area contributed by atoms with Crippen molar-refractivity contribution in [2.45, 2.75) is 53.0 Å². The summed E-state index contributed by atoms with van der Waals surface area (Å²) < 4.78 is 5.29. The molecule has 0 aromatic rings. The van der Waals surface area contributed by atoms with Crippen molar-refractivity contribution in [1.29, 1.82) is 0 Å². The van der Waals surface area contributed by atoms with Gasteiger partial charge < -0.3 is 10.1 Å². The molecule has 0 saturated heterocycles. The predicted molar refractivity (Wildman–Crippen MR) is 62.6 cm³/mol. The average Bonchev–Trinajstić information content (AvgIpc) is 2.19. The fraction of sp³-hybridized carbons (Fsp3) is 1.00. The van der Waals surface area contributed by atoms with Gasteiger partial charge in [0.25, 0.3) is 0 Å². The van der Waals surface area contributed by atoms with Gasteiger partial charge in [-0.15, -0.1) is 0 Å². The second-order valence-electron chi connectivity index (χ2n) is 3.87. The maximum absolute atomic E-state index is 5.29. The van der Waals surface area contributed by atoms with Crippen molar-refractivity contribution < 1.29 is 4.74 Å². The molecule has 1 N–H and O–H groups in total. The lowest BCUT2D eigenvalue weighted by Gasteiger charge is -2.22. The van der Waals surface area contributed by atoms with Crippen LogP contribution in [0.5, 0.6) is 0 Å². The Labute approximate surface area is 89.4 Å². The first kappa shape index (κ1) is 13.9. The highest BCUT2D eigenvalue weighted by molar-refractivity contribution is 4.69. The molecule has 0 aliphatic carbocycles. The first-order valence-electron chi connectivity index (χ1n) is 6.07. The third kappa shape index (κ3) is 6.39. The van der Waals surface area contributed by atoms with Crippen molar-refractivity contribution in [3.8, 4) is 0 Å². The standard InChI is InChI=1S/C12H27NO/c1-5-12(6-2)11(4)13-9-8-10-14-7-3/h11-13H,5-10H2,1-4H3. The van der Waals surface area contributed by atoms with Gasteiger partial charge in [0.05, 0.1) is 0 Å². The van der Waals surface area contributed by atoms with Crippen molar-refractivity contribution in [1.82, 2.24) is 5.32 Å². The van der Waals surface area contributed by atoms with Crippen LogP contribution in [-0.4, -0.2) is 25.8 Å². The zero-order valence-corrected chi connectivity index (χ0v) is 10.3. The minimum absolute atomic E-state index is 0.645. The molecule has 0 heterocycles. The lowest BCUT2D eigenvalue weighted by atomic mass is 9.95. The van der Waals surface area contributed by atoms with Gasteiger partial charge in [0.15, 0.2) is 0 Å². The Kier molecular flexibility index (Phi) is 9.42. The van der Waals surface area contributed by atoms with Crippen molar-refractivity contribution in [3.63, 3.8) is 0 Å². The van der Waals surface area contributed by atoms with Crippen LogP contribution in [-0.2, 0) is 4.74 Å². The van der Waals surface area contributed by atoms with Gasteiger partial charge in [-0.3, -0.25) is 0 Å². The Morgan fingerprint density at radius 3 is 2.29 bits per heavy atom. The summed E-state index contributed by atoms with van der Waals surface area (Å²) >= 11 is 0. The summed E-state index contributed by atoms with van der Waals surface area (Å²) in [5, 5.41) is 3.56. The van der Waals surface area contributed by atoms with E-state index in [1.165, 1.54) is 12.8 Å². The molecule has 0 spiro atoms. The molecule has 1 unspecified atom stereocenters. The molecule has 0 bridgehead atoms. The molecule has 86 valence electrons. The highest BCUT2D eigenvalue weighted by Crippen LogP contribution is 2.12. The second-order valence-corrected chi connectivity index (χ2v) is 3.87. The monoisotopic (exact) mass is 201 g/mol. The third-order valence-electron chi connectivity index (χ3n) is 2.89. The number of ether oxygens (including phenoxy) is 1. The van der Waals surface area contributed by atoms with Crippen LogP contribution in [0.25, 0.3) is 0 Å². The van der Waals surface area contributed by atoms with Crippen molar-refractivity contribution in [2.24, 2.45) is 5.92 Å². The topological polar surface area (TPSA) is 21.3 Å². The molecule has 1 atom stereocenters. The molecule has 0 amide bonds. The molecule has 0 rings (SSSR count). The first-order chi connectivity index (χ1) is 6.76. The Bertz CT molecular complexity index is 113. The van der Waals surface area contributed by atoms with E-state index in [0.717, 1.165) is 32.1 Å². The van der Waals surface area contributed by atoms with E-state index in [2.05, 4.69) is 26.1 Å². The summed E-state index contributed by atoms with van der Waals surface area (Å²) in [4.78, 5) is 0. The van der Waals surface area contributed by atoms with Gasteiger partial charge in [0.2, 0.25) is 0 Å². The summed E-state index contributed by atoms with van der Waals surface area (Å²) in [7, 11) is 0. The lowest BCUT2D eigenvalue weighted by molar-refractivity contribution is 0.143. The van der Waals surface area contributed by atoms with Gasteiger partial charge in [0.1, 0.15) is 0 Å². The molecule has 0 fully saturated rings. The third-order valence-corrected chi connectivity index (χ3v) is 2.89. The van der Waals surface area contributed by atoms with Crippen LogP contribution in [0, 0.1) is 5.92 Å².